The summed E-state index contributed by atoms with van der Waals surface area (Å²) in [6.07, 6.45) is 4.33. The number of aryl methyl sites for hydroxylation is 1. The summed E-state index contributed by atoms with van der Waals surface area (Å²) in [7, 11) is 0. The van der Waals surface area contributed by atoms with Crippen molar-refractivity contribution >= 4 is 23.6 Å². The molecule has 3 heterocycles. The Morgan fingerprint density at radius 1 is 1.13 bits per heavy atom. The Labute approximate surface area is 223 Å². The molecule has 1 atom stereocenters. The van der Waals surface area contributed by atoms with Crippen molar-refractivity contribution in [1.82, 2.24) is 41.1 Å². The predicted molar refractivity (Wildman–Crippen MR) is 136 cm³/mol. The van der Waals surface area contributed by atoms with E-state index in [1.54, 1.807) is 37.4 Å². The number of aromatic nitrogens is 4. The molecule has 14 heteroatoms. The fraction of sp³-hybridized carbons (Fsp3) is 0.400. The zero-order chi connectivity index (χ0) is 27.6. The van der Waals surface area contributed by atoms with Gasteiger partial charge in [0.1, 0.15) is 24.1 Å². The first-order valence-corrected chi connectivity index (χ1v) is 12.5. The van der Waals surface area contributed by atoms with Crippen LogP contribution in [0.15, 0.2) is 41.4 Å². The Morgan fingerprint density at radius 2 is 2.00 bits per heavy atom. The molecule has 4 rings (SSSR count). The monoisotopic (exact) mass is 538 g/mol. The highest BCUT2D eigenvalue weighted by atomic mass is 16.6. The average molecular weight is 539 g/mol. The number of hydrogen-bond donors (Lipinski definition) is 4. The topological polar surface area (TPSA) is 184 Å². The number of H-pyrrole nitrogens is 1. The van der Waals surface area contributed by atoms with Gasteiger partial charge >= 0.3 is 0 Å². The Bertz CT molecular complexity index is 1290. The summed E-state index contributed by atoms with van der Waals surface area (Å²) in [6.45, 7) is 2.27. The zero-order valence-electron chi connectivity index (χ0n) is 21.4. The molecule has 206 valence electrons. The van der Waals surface area contributed by atoms with Gasteiger partial charge in [-0.05, 0) is 43.1 Å². The van der Waals surface area contributed by atoms with Gasteiger partial charge in [-0.15, -0.1) is 0 Å². The van der Waals surface area contributed by atoms with Crippen molar-refractivity contribution in [3.63, 3.8) is 0 Å². The van der Waals surface area contributed by atoms with Crippen LogP contribution in [0.5, 0.6) is 5.75 Å². The number of imidazole rings is 1. The molecule has 3 aromatic rings. The highest BCUT2D eigenvalue weighted by Gasteiger charge is 2.25. The first kappa shape index (κ1) is 27.3. The molecule has 0 aliphatic carbocycles. The second-order valence-electron chi connectivity index (χ2n) is 8.96. The van der Waals surface area contributed by atoms with Crippen LogP contribution >= 0.6 is 0 Å². The Morgan fingerprint density at radius 3 is 2.77 bits per heavy atom. The molecular weight excluding hydrogens is 508 g/mol. The standard InChI is InChI=1S/C25H30N8O6/c1-16-22(32-39-31-16)25(37)33-9-3-2-7-28-24(36)20(12-18-13-26-15-29-18)30-23(35)17-5-4-6-19(11-17)38-10-8-27-21(34)14-33/h4-6,11,13,15,20H,2-3,7-10,12,14H2,1H3,(H,26,29)(H,27,34)(H,28,36)(H,30,35)/t20-/m0/s1. The quantitative estimate of drug-likeness (QED) is 0.356. The number of carbonyl (C=O) groups excluding carboxylic acids is 4. The van der Waals surface area contributed by atoms with E-state index in [2.05, 4.69) is 40.9 Å². The maximum Gasteiger partial charge on any atom is 0.278 e. The molecule has 2 bridgehead atoms. The third-order valence-electron chi connectivity index (χ3n) is 6.02. The van der Waals surface area contributed by atoms with Crippen LogP contribution in [0.25, 0.3) is 0 Å². The van der Waals surface area contributed by atoms with Gasteiger partial charge < -0.3 is 30.6 Å². The average Bonchev–Trinajstić information content (AvgIpc) is 3.60. The van der Waals surface area contributed by atoms with E-state index in [4.69, 9.17) is 4.74 Å². The molecule has 1 aromatic carbocycles. The number of amides is 4. The van der Waals surface area contributed by atoms with Crippen LogP contribution < -0.4 is 20.7 Å². The number of benzene rings is 1. The number of fused-ring (bicyclic) bond motifs is 2. The molecule has 4 amide bonds. The number of aromatic amines is 1. The first-order valence-electron chi connectivity index (χ1n) is 12.5. The van der Waals surface area contributed by atoms with Crippen molar-refractivity contribution in [2.24, 2.45) is 0 Å². The molecule has 0 spiro atoms. The number of rotatable bonds is 3. The van der Waals surface area contributed by atoms with E-state index in [0.717, 1.165) is 0 Å². The smallest absolute Gasteiger partial charge is 0.278 e. The Hall–Kier alpha value is -4.75. The SMILES string of the molecule is Cc1nonc1C(=O)N1CCCCNC(=O)[C@H](Cc2cnc[nH]2)NC(=O)c2cccc(c2)OCCNC(=O)C1. The van der Waals surface area contributed by atoms with E-state index in [9.17, 15) is 19.2 Å². The normalized spacial score (nSPS) is 18.0. The van der Waals surface area contributed by atoms with Gasteiger partial charge in [0.05, 0.1) is 19.4 Å². The summed E-state index contributed by atoms with van der Waals surface area (Å²) in [5, 5.41) is 15.7. The molecule has 0 radical (unpaired) electrons. The van der Waals surface area contributed by atoms with Crippen LogP contribution in [0, 0.1) is 6.92 Å². The minimum Gasteiger partial charge on any atom is -0.492 e. The second-order valence-corrected chi connectivity index (χ2v) is 8.96. The van der Waals surface area contributed by atoms with Crippen LogP contribution in [0.2, 0.25) is 0 Å². The van der Waals surface area contributed by atoms with Gasteiger partial charge in [0.15, 0.2) is 5.69 Å². The summed E-state index contributed by atoms with van der Waals surface area (Å²) in [4.78, 5) is 59.9. The van der Waals surface area contributed by atoms with Crippen molar-refractivity contribution < 1.29 is 28.5 Å². The lowest BCUT2D eigenvalue weighted by atomic mass is 10.1. The van der Waals surface area contributed by atoms with Gasteiger partial charge in [-0.25, -0.2) is 9.61 Å². The van der Waals surface area contributed by atoms with Crippen LogP contribution in [-0.2, 0) is 16.0 Å². The molecule has 39 heavy (non-hydrogen) atoms. The molecule has 2 aromatic heterocycles. The highest BCUT2D eigenvalue weighted by molar-refractivity contribution is 5.98. The summed E-state index contributed by atoms with van der Waals surface area (Å²) >= 11 is 0. The predicted octanol–water partition coefficient (Wildman–Crippen LogP) is -0.0104. The number of nitrogens with zero attached hydrogens (tertiary/aromatic N) is 4. The summed E-state index contributed by atoms with van der Waals surface area (Å²) in [6, 6.07) is 5.68. The number of carbonyl (C=O) groups is 4. The lowest BCUT2D eigenvalue weighted by Crippen LogP contribution is -2.48. The highest BCUT2D eigenvalue weighted by Crippen LogP contribution is 2.14. The van der Waals surface area contributed by atoms with Crippen molar-refractivity contribution in [2.45, 2.75) is 32.2 Å². The first-order chi connectivity index (χ1) is 18.9. The lowest BCUT2D eigenvalue weighted by molar-refractivity contribution is -0.123. The molecule has 14 nitrogen and oxygen atoms in total. The van der Waals surface area contributed by atoms with Crippen molar-refractivity contribution in [3.8, 4) is 5.75 Å². The number of hydrogen-bond acceptors (Lipinski definition) is 9. The minimum absolute atomic E-state index is 0.0371. The van der Waals surface area contributed by atoms with Crippen molar-refractivity contribution in [2.75, 3.05) is 32.8 Å². The van der Waals surface area contributed by atoms with Gasteiger partial charge in [0, 0.05) is 37.0 Å². The molecule has 0 unspecified atom stereocenters. The maximum atomic E-state index is 13.0. The van der Waals surface area contributed by atoms with Gasteiger partial charge in [-0.3, -0.25) is 19.2 Å². The van der Waals surface area contributed by atoms with E-state index in [1.165, 1.54) is 11.2 Å². The second kappa shape index (κ2) is 13.2. The summed E-state index contributed by atoms with van der Waals surface area (Å²) < 4.78 is 10.3. The van der Waals surface area contributed by atoms with Crippen LogP contribution in [0.4, 0.5) is 0 Å². The largest absolute Gasteiger partial charge is 0.492 e. The molecule has 0 saturated heterocycles. The molecule has 0 fully saturated rings. The molecular formula is C25H30N8O6. The fourth-order valence-electron chi connectivity index (χ4n) is 3.97. The maximum absolute atomic E-state index is 13.0. The lowest BCUT2D eigenvalue weighted by Gasteiger charge is -2.21. The fourth-order valence-corrected chi connectivity index (χ4v) is 3.97. The summed E-state index contributed by atoms with van der Waals surface area (Å²) in [5.41, 5.74) is 1.37. The Kier molecular flexibility index (Phi) is 9.21. The summed E-state index contributed by atoms with van der Waals surface area (Å²) in [5.74, 6) is -1.22. The minimum atomic E-state index is -0.854. The van der Waals surface area contributed by atoms with Gasteiger partial charge in [-0.2, -0.15) is 0 Å². The van der Waals surface area contributed by atoms with Gasteiger partial charge in [0.25, 0.3) is 11.8 Å². The van der Waals surface area contributed by atoms with Crippen molar-refractivity contribution in [1.29, 1.82) is 0 Å². The molecule has 0 saturated carbocycles. The van der Waals surface area contributed by atoms with E-state index in [0.29, 0.717) is 42.1 Å². The molecule has 4 N–H and O–H groups in total. The third kappa shape index (κ3) is 7.63. The Balaban J connectivity index is 1.49. The molecule has 1 aliphatic rings. The van der Waals surface area contributed by atoms with E-state index < -0.39 is 17.9 Å². The zero-order valence-corrected chi connectivity index (χ0v) is 21.4. The number of ether oxygens (including phenoxy) is 1. The van der Waals surface area contributed by atoms with Crippen molar-refractivity contribution in [3.05, 3.63) is 59.4 Å². The number of nitrogens with one attached hydrogen (secondary N) is 4. The van der Waals surface area contributed by atoms with Gasteiger partial charge in [0.2, 0.25) is 11.8 Å². The van der Waals surface area contributed by atoms with Crippen LogP contribution in [-0.4, -0.2) is 87.6 Å². The van der Waals surface area contributed by atoms with E-state index >= 15 is 0 Å². The van der Waals surface area contributed by atoms with Crippen LogP contribution in [0.3, 0.4) is 0 Å². The van der Waals surface area contributed by atoms with E-state index in [1.807, 2.05) is 0 Å². The third-order valence-corrected chi connectivity index (χ3v) is 6.02. The van der Waals surface area contributed by atoms with Gasteiger partial charge in [-0.1, -0.05) is 11.2 Å². The molecule has 1 aliphatic heterocycles. The van der Waals surface area contributed by atoms with Crippen LogP contribution in [0.1, 0.15) is 45.1 Å². The van der Waals surface area contributed by atoms with E-state index in [-0.39, 0.29) is 50.2 Å².